The van der Waals surface area contributed by atoms with Gasteiger partial charge in [0, 0.05) is 7.11 Å². The van der Waals surface area contributed by atoms with E-state index in [2.05, 4.69) is 5.10 Å². The lowest BCUT2D eigenvalue weighted by Gasteiger charge is -2.28. The van der Waals surface area contributed by atoms with Crippen molar-refractivity contribution in [1.29, 1.82) is 0 Å². The van der Waals surface area contributed by atoms with Crippen molar-refractivity contribution < 1.29 is 31.1 Å². The Balaban J connectivity index is 3.21. The second-order valence-electron chi connectivity index (χ2n) is 4.18. The van der Waals surface area contributed by atoms with Gasteiger partial charge in [-0.1, -0.05) is 11.6 Å². The van der Waals surface area contributed by atoms with E-state index in [0.717, 1.165) is 10.9 Å². The van der Waals surface area contributed by atoms with E-state index >= 15 is 0 Å². The van der Waals surface area contributed by atoms with Crippen molar-refractivity contribution >= 4 is 11.6 Å². The van der Waals surface area contributed by atoms with Gasteiger partial charge in [-0.25, -0.2) is 0 Å². The number of nitrogens with zero attached hydrogens (tertiary/aromatic N) is 2. The summed E-state index contributed by atoms with van der Waals surface area (Å²) in [5.41, 5.74) is 4.67. The number of rotatable bonds is 5. The standard InChI is InChI=1S/C10H12ClF6N3O/c1-21-3-2-20-7(5(11)4-19-20)6(18)8(9(12,13)14)10(15,16)17/h4,6,8H,2-3,18H2,1H3. The van der Waals surface area contributed by atoms with Gasteiger partial charge >= 0.3 is 12.4 Å². The molecule has 0 aliphatic carbocycles. The summed E-state index contributed by atoms with van der Waals surface area (Å²) in [6, 6.07) is -2.42. The molecule has 0 aliphatic heterocycles. The third kappa shape index (κ3) is 4.24. The number of halogens is 7. The maximum absolute atomic E-state index is 12.7. The van der Waals surface area contributed by atoms with Crippen molar-refractivity contribution in [3.05, 3.63) is 16.9 Å². The highest BCUT2D eigenvalue weighted by molar-refractivity contribution is 6.31. The Labute approximate surface area is 120 Å². The summed E-state index contributed by atoms with van der Waals surface area (Å²) in [7, 11) is 1.32. The largest absolute Gasteiger partial charge is 0.402 e. The van der Waals surface area contributed by atoms with Gasteiger partial charge in [-0.3, -0.25) is 4.68 Å². The maximum atomic E-state index is 12.7. The average molecular weight is 340 g/mol. The molecule has 1 heterocycles. The molecule has 21 heavy (non-hydrogen) atoms. The van der Waals surface area contributed by atoms with Gasteiger partial charge < -0.3 is 10.5 Å². The minimum atomic E-state index is -5.56. The van der Waals surface area contributed by atoms with Crippen molar-refractivity contribution in [2.24, 2.45) is 11.7 Å². The van der Waals surface area contributed by atoms with Crippen LogP contribution in [0.4, 0.5) is 26.3 Å². The molecule has 1 aromatic rings. The Morgan fingerprint density at radius 2 is 1.81 bits per heavy atom. The molecule has 1 unspecified atom stereocenters. The average Bonchev–Trinajstić information content (AvgIpc) is 2.63. The molecule has 0 amide bonds. The fraction of sp³-hybridized carbons (Fsp3) is 0.700. The summed E-state index contributed by atoms with van der Waals surface area (Å²) < 4.78 is 81.6. The van der Waals surface area contributed by atoms with Gasteiger partial charge in [0.05, 0.1) is 36.1 Å². The zero-order chi connectivity index (χ0) is 16.4. The highest BCUT2D eigenvalue weighted by atomic mass is 35.5. The van der Waals surface area contributed by atoms with E-state index in [1.165, 1.54) is 7.11 Å². The number of hydrogen-bond donors (Lipinski definition) is 1. The van der Waals surface area contributed by atoms with E-state index in [4.69, 9.17) is 22.1 Å². The van der Waals surface area contributed by atoms with Gasteiger partial charge in [-0.05, 0) is 0 Å². The Morgan fingerprint density at radius 1 is 1.29 bits per heavy atom. The highest BCUT2D eigenvalue weighted by Crippen LogP contribution is 2.46. The van der Waals surface area contributed by atoms with Gasteiger partial charge in [0.1, 0.15) is 0 Å². The zero-order valence-corrected chi connectivity index (χ0v) is 11.4. The molecule has 11 heteroatoms. The molecule has 0 aromatic carbocycles. The van der Waals surface area contributed by atoms with Crippen LogP contribution in [0.3, 0.4) is 0 Å². The quantitative estimate of drug-likeness (QED) is 0.839. The molecule has 4 nitrogen and oxygen atoms in total. The summed E-state index contributed by atoms with van der Waals surface area (Å²) in [6.45, 7) is -0.0465. The number of ether oxygens (including phenoxy) is 1. The minimum absolute atomic E-state index is 0.0282. The van der Waals surface area contributed by atoms with Crippen LogP contribution in [-0.2, 0) is 11.3 Å². The molecule has 1 atom stereocenters. The first-order valence-corrected chi connectivity index (χ1v) is 5.97. The normalized spacial score (nSPS) is 14.8. The van der Waals surface area contributed by atoms with E-state index in [-0.39, 0.29) is 18.2 Å². The van der Waals surface area contributed by atoms with Gasteiger partial charge in [0.15, 0.2) is 5.92 Å². The number of methoxy groups -OCH3 is 1. The van der Waals surface area contributed by atoms with Crippen molar-refractivity contribution in [3.8, 4) is 0 Å². The van der Waals surface area contributed by atoms with Crippen molar-refractivity contribution in [1.82, 2.24) is 9.78 Å². The van der Waals surface area contributed by atoms with Crippen molar-refractivity contribution in [2.45, 2.75) is 24.9 Å². The number of hydrogen-bond acceptors (Lipinski definition) is 3. The topological polar surface area (TPSA) is 53.1 Å². The van der Waals surface area contributed by atoms with E-state index in [1.54, 1.807) is 0 Å². The molecule has 0 saturated carbocycles. The smallest absolute Gasteiger partial charge is 0.383 e. The molecule has 0 fully saturated rings. The lowest BCUT2D eigenvalue weighted by Crippen LogP contribution is -2.44. The second-order valence-corrected chi connectivity index (χ2v) is 4.59. The van der Waals surface area contributed by atoms with Crippen LogP contribution in [0.1, 0.15) is 11.7 Å². The summed E-state index contributed by atoms with van der Waals surface area (Å²) in [5, 5.41) is 3.25. The molecular weight excluding hydrogens is 328 g/mol. The SMILES string of the molecule is COCCn1ncc(Cl)c1C(N)C(C(F)(F)F)C(F)(F)F. The number of aromatic nitrogens is 2. The molecule has 0 aliphatic rings. The lowest BCUT2D eigenvalue weighted by atomic mass is 9.96. The molecule has 1 rings (SSSR count). The number of nitrogens with two attached hydrogens (primary N) is 1. The Kier molecular flexibility index (Phi) is 5.51. The third-order valence-corrected chi connectivity index (χ3v) is 3.01. The van der Waals surface area contributed by atoms with Gasteiger partial charge in [0.2, 0.25) is 0 Å². The highest BCUT2D eigenvalue weighted by Gasteiger charge is 2.60. The minimum Gasteiger partial charge on any atom is -0.383 e. The first kappa shape index (κ1) is 18.1. The molecule has 0 saturated heterocycles. The molecule has 122 valence electrons. The molecule has 1 aromatic heterocycles. The van der Waals surface area contributed by atoms with Crippen LogP contribution in [0.5, 0.6) is 0 Å². The Hall–Kier alpha value is -1.00. The van der Waals surface area contributed by atoms with Crippen LogP contribution in [0.15, 0.2) is 6.20 Å². The van der Waals surface area contributed by atoms with Crippen molar-refractivity contribution in [2.75, 3.05) is 13.7 Å². The predicted octanol–water partition coefficient (Wildman–Crippen LogP) is 2.92. The van der Waals surface area contributed by atoms with Gasteiger partial charge in [0.25, 0.3) is 0 Å². The Bertz CT molecular complexity index is 458. The van der Waals surface area contributed by atoms with Crippen LogP contribution in [0.2, 0.25) is 5.02 Å². The molecule has 2 N–H and O–H groups in total. The van der Waals surface area contributed by atoms with Crippen LogP contribution in [-0.4, -0.2) is 35.8 Å². The fourth-order valence-corrected chi connectivity index (χ4v) is 2.08. The molecule has 0 radical (unpaired) electrons. The van der Waals surface area contributed by atoms with Crippen LogP contribution in [0.25, 0.3) is 0 Å². The third-order valence-electron chi connectivity index (χ3n) is 2.72. The van der Waals surface area contributed by atoms with Crippen LogP contribution >= 0.6 is 11.6 Å². The first-order chi connectivity index (χ1) is 9.50. The van der Waals surface area contributed by atoms with E-state index < -0.39 is 30.0 Å². The summed E-state index contributed by atoms with van der Waals surface area (Å²) >= 11 is 5.62. The molecule has 0 bridgehead atoms. The van der Waals surface area contributed by atoms with Crippen LogP contribution in [0, 0.1) is 5.92 Å². The van der Waals surface area contributed by atoms with E-state index in [0.29, 0.717) is 0 Å². The first-order valence-electron chi connectivity index (χ1n) is 5.59. The fourth-order valence-electron chi connectivity index (χ4n) is 1.81. The second kappa shape index (κ2) is 6.41. The number of alkyl halides is 6. The maximum Gasteiger partial charge on any atom is 0.402 e. The van der Waals surface area contributed by atoms with Gasteiger partial charge in [-0.15, -0.1) is 0 Å². The molecule has 0 spiro atoms. The monoisotopic (exact) mass is 339 g/mol. The lowest BCUT2D eigenvalue weighted by molar-refractivity contribution is -0.290. The van der Waals surface area contributed by atoms with E-state index in [9.17, 15) is 26.3 Å². The summed E-state index contributed by atoms with van der Waals surface area (Å²) in [4.78, 5) is 0. The molecular formula is C10H12ClF6N3O. The van der Waals surface area contributed by atoms with Gasteiger partial charge in [-0.2, -0.15) is 31.4 Å². The Morgan fingerprint density at radius 3 is 2.24 bits per heavy atom. The summed E-state index contributed by atoms with van der Waals surface area (Å²) in [5.74, 6) is -3.74. The predicted molar refractivity (Wildman–Crippen MR) is 61.6 cm³/mol. The van der Waals surface area contributed by atoms with Crippen molar-refractivity contribution in [3.63, 3.8) is 0 Å². The zero-order valence-electron chi connectivity index (χ0n) is 10.7. The summed E-state index contributed by atoms with van der Waals surface area (Å²) in [6.07, 6.45) is -10.2. The van der Waals surface area contributed by atoms with Crippen LogP contribution < -0.4 is 5.73 Å². The van der Waals surface area contributed by atoms with E-state index in [1.807, 2.05) is 0 Å².